The summed E-state index contributed by atoms with van der Waals surface area (Å²) in [6, 6.07) is 7.64. The number of nitrogens with one attached hydrogen (secondary N) is 1. The zero-order valence-electron chi connectivity index (χ0n) is 16.2. The summed E-state index contributed by atoms with van der Waals surface area (Å²) in [4.78, 5) is 27.8. The van der Waals surface area contributed by atoms with Gasteiger partial charge in [0.15, 0.2) is 12.4 Å². The van der Waals surface area contributed by atoms with E-state index in [1.165, 1.54) is 6.20 Å². The van der Waals surface area contributed by atoms with Gasteiger partial charge in [-0.3, -0.25) is 9.59 Å². The maximum atomic E-state index is 12.0. The number of hydrogen-bond donors (Lipinski definition) is 1. The number of amides is 1. The summed E-state index contributed by atoms with van der Waals surface area (Å²) in [6.45, 7) is 3.21. The van der Waals surface area contributed by atoms with Crippen molar-refractivity contribution in [2.75, 3.05) is 11.9 Å². The van der Waals surface area contributed by atoms with Gasteiger partial charge in [0.25, 0.3) is 5.91 Å². The molecule has 0 spiro atoms. The SMILES string of the molecule is Cc1ccc(-c2nnc(CCC(=O)OCC(=O)Nc3ncc(Cl)c(C)c3Cl)o2)cc1. The molecule has 0 bridgehead atoms. The Kier molecular flexibility index (Phi) is 7.02. The summed E-state index contributed by atoms with van der Waals surface area (Å²) >= 11 is 12.0. The van der Waals surface area contributed by atoms with E-state index >= 15 is 0 Å². The van der Waals surface area contributed by atoms with Crippen LogP contribution in [0.3, 0.4) is 0 Å². The fourth-order valence-electron chi connectivity index (χ4n) is 2.41. The molecule has 8 nitrogen and oxygen atoms in total. The molecule has 0 aliphatic carbocycles. The van der Waals surface area contributed by atoms with Crippen molar-refractivity contribution >= 4 is 40.9 Å². The van der Waals surface area contributed by atoms with Crippen molar-refractivity contribution in [1.82, 2.24) is 15.2 Å². The fourth-order valence-corrected chi connectivity index (χ4v) is 2.80. The van der Waals surface area contributed by atoms with Gasteiger partial charge in [0.1, 0.15) is 0 Å². The van der Waals surface area contributed by atoms with E-state index in [2.05, 4.69) is 20.5 Å². The molecule has 0 atom stereocenters. The van der Waals surface area contributed by atoms with Crippen molar-refractivity contribution < 1.29 is 18.7 Å². The normalized spacial score (nSPS) is 10.7. The standard InChI is InChI=1S/C20H18Cl2N4O4/c1-11-3-5-13(6-4-11)20-26-25-16(30-20)7-8-17(28)29-10-15(27)24-19-18(22)12(2)14(21)9-23-19/h3-6,9H,7-8,10H2,1-2H3,(H,23,24,27). The molecule has 0 saturated heterocycles. The van der Waals surface area contributed by atoms with Crippen molar-refractivity contribution in [2.24, 2.45) is 0 Å². The Morgan fingerprint density at radius 2 is 1.87 bits per heavy atom. The molecule has 0 saturated carbocycles. The van der Waals surface area contributed by atoms with Crippen LogP contribution >= 0.6 is 23.2 Å². The van der Waals surface area contributed by atoms with Gasteiger partial charge in [0, 0.05) is 18.2 Å². The minimum atomic E-state index is -0.577. The first-order valence-electron chi connectivity index (χ1n) is 8.99. The Morgan fingerprint density at radius 1 is 1.13 bits per heavy atom. The maximum absolute atomic E-state index is 12.0. The summed E-state index contributed by atoms with van der Waals surface area (Å²) in [5.74, 6) is -0.320. The summed E-state index contributed by atoms with van der Waals surface area (Å²) in [7, 11) is 0. The van der Waals surface area contributed by atoms with E-state index in [9.17, 15) is 9.59 Å². The number of aryl methyl sites for hydroxylation is 2. The van der Waals surface area contributed by atoms with E-state index in [0.29, 0.717) is 22.4 Å². The quantitative estimate of drug-likeness (QED) is 0.540. The minimum Gasteiger partial charge on any atom is -0.456 e. The summed E-state index contributed by atoms with van der Waals surface area (Å²) < 4.78 is 10.5. The van der Waals surface area contributed by atoms with Gasteiger partial charge >= 0.3 is 5.97 Å². The number of carbonyl (C=O) groups is 2. The van der Waals surface area contributed by atoms with Crippen LogP contribution in [0, 0.1) is 13.8 Å². The van der Waals surface area contributed by atoms with Crippen LogP contribution in [-0.2, 0) is 20.7 Å². The number of halogens is 2. The molecule has 1 amide bonds. The Bertz CT molecular complexity index is 1070. The van der Waals surface area contributed by atoms with Crippen molar-refractivity contribution in [3.63, 3.8) is 0 Å². The van der Waals surface area contributed by atoms with Gasteiger partial charge in [-0.15, -0.1) is 10.2 Å². The molecule has 0 aliphatic rings. The molecule has 0 radical (unpaired) electrons. The molecule has 30 heavy (non-hydrogen) atoms. The number of rotatable bonds is 7. The second-order valence-corrected chi connectivity index (χ2v) is 7.25. The van der Waals surface area contributed by atoms with Crippen LogP contribution in [0.1, 0.15) is 23.4 Å². The van der Waals surface area contributed by atoms with Crippen LogP contribution in [0.2, 0.25) is 10.0 Å². The Balaban J connectivity index is 1.45. The Morgan fingerprint density at radius 3 is 2.60 bits per heavy atom. The topological polar surface area (TPSA) is 107 Å². The third-order valence-electron chi connectivity index (χ3n) is 4.13. The lowest BCUT2D eigenvalue weighted by Gasteiger charge is -2.09. The zero-order chi connectivity index (χ0) is 21.7. The van der Waals surface area contributed by atoms with Crippen molar-refractivity contribution in [3.8, 4) is 11.5 Å². The average molecular weight is 449 g/mol. The van der Waals surface area contributed by atoms with Gasteiger partial charge in [-0.25, -0.2) is 4.98 Å². The molecule has 0 fully saturated rings. The first kappa shape index (κ1) is 21.7. The van der Waals surface area contributed by atoms with E-state index in [1.807, 2.05) is 31.2 Å². The lowest BCUT2D eigenvalue weighted by molar-refractivity contribution is -0.147. The third kappa shape index (κ3) is 5.55. The highest BCUT2D eigenvalue weighted by molar-refractivity contribution is 6.37. The predicted molar refractivity (Wildman–Crippen MR) is 111 cm³/mol. The molecule has 10 heteroatoms. The van der Waals surface area contributed by atoms with Crippen molar-refractivity contribution in [3.05, 3.63) is 57.5 Å². The van der Waals surface area contributed by atoms with Crippen molar-refractivity contribution in [1.29, 1.82) is 0 Å². The smallest absolute Gasteiger partial charge is 0.306 e. The number of hydrogen-bond acceptors (Lipinski definition) is 7. The van der Waals surface area contributed by atoms with Gasteiger partial charge in [-0.1, -0.05) is 40.9 Å². The number of carbonyl (C=O) groups excluding carboxylic acids is 2. The highest BCUT2D eigenvalue weighted by Crippen LogP contribution is 2.28. The second-order valence-electron chi connectivity index (χ2n) is 6.47. The Hall–Kier alpha value is -2.97. The van der Waals surface area contributed by atoms with Crippen LogP contribution in [0.15, 0.2) is 34.9 Å². The number of aromatic nitrogens is 3. The van der Waals surface area contributed by atoms with Gasteiger partial charge in [0.2, 0.25) is 11.8 Å². The highest BCUT2D eigenvalue weighted by Gasteiger charge is 2.15. The van der Waals surface area contributed by atoms with Crippen LogP contribution in [0.4, 0.5) is 5.82 Å². The molecule has 3 aromatic rings. The zero-order valence-corrected chi connectivity index (χ0v) is 17.8. The minimum absolute atomic E-state index is 0.0120. The third-order valence-corrected chi connectivity index (χ3v) is 4.98. The fraction of sp³-hybridized carbons (Fsp3) is 0.250. The van der Waals surface area contributed by atoms with Gasteiger partial charge in [-0.05, 0) is 31.5 Å². The summed E-state index contributed by atoms with van der Waals surface area (Å²) in [5.41, 5.74) is 2.50. The van der Waals surface area contributed by atoms with Gasteiger partial charge in [0.05, 0.1) is 16.5 Å². The number of ether oxygens (including phenoxy) is 1. The summed E-state index contributed by atoms with van der Waals surface area (Å²) in [5, 5.41) is 11.0. The molecule has 2 aromatic heterocycles. The van der Waals surface area contributed by atoms with E-state index < -0.39 is 18.5 Å². The number of pyridine rings is 1. The molecule has 1 aromatic carbocycles. The Labute approximate surface area is 182 Å². The number of anilines is 1. The first-order chi connectivity index (χ1) is 14.3. The molecule has 0 aliphatic heterocycles. The van der Waals surface area contributed by atoms with E-state index in [1.54, 1.807) is 6.92 Å². The second kappa shape index (κ2) is 9.69. The van der Waals surface area contributed by atoms with E-state index in [-0.39, 0.29) is 23.7 Å². The predicted octanol–water partition coefficient (Wildman–Crippen LogP) is 4.17. The summed E-state index contributed by atoms with van der Waals surface area (Å²) in [6.07, 6.45) is 1.56. The van der Waals surface area contributed by atoms with Crippen LogP contribution < -0.4 is 5.32 Å². The van der Waals surface area contributed by atoms with Gasteiger partial charge < -0.3 is 14.5 Å². The lowest BCUT2D eigenvalue weighted by atomic mass is 10.1. The molecule has 2 heterocycles. The molecular formula is C20H18Cl2N4O4. The van der Waals surface area contributed by atoms with Crippen molar-refractivity contribution in [2.45, 2.75) is 26.7 Å². The first-order valence-corrected chi connectivity index (χ1v) is 9.74. The highest BCUT2D eigenvalue weighted by atomic mass is 35.5. The number of esters is 1. The largest absolute Gasteiger partial charge is 0.456 e. The average Bonchev–Trinajstić information content (AvgIpc) is 3.21. The monoisotopic (exact) mass is 448 g/mol. The van der Waals surface area contributed by atoms with Gasteiger partial charge in [-0.2, -0.15) is 0 Å². The lowest BCUT2D eigenvalue weighted by Crippen LogP contribution is -2.22. The molecule has 3 rings (SSSR count). The van der Waals surface area contributed by atoms with E-state index in [4.69, 9.17) is 32.4 Å². The molecule has 0 unspecified atom stereocenters. The maximum Gasteiger partial charge on any atom is 0.306 e. The molecule has 156 valence electrons. The van der Waals surface area contributed by atoms with E-state index in [0.717, 1.165) is 11.1 Å². The van der Waals surface area contributed by atoms with Crippen LogP contribution in [0.5, 0.6) is 0 Å². The van der Waals surface area contributed by atoms with Crippen LogP contribution in [0.25, 0.3) is 11.5 Å². The number of benzene rings is 1. The molecule has 1 N–H and O–H groups in total. The van der Waals surface area contributed by atoms with Crippen LogP contribution in [-0.4, -0.2) is 33.7 Å². The molecular weight excluding hydrogens is 431 g/mol. The number of nitrogens with zero attached hydrogens (tertiary/aromatic N) is 3.